The Bertz CT molecular complexity index is 1760. The maximum atomic E-state index is 13.1. The van der Waals surface area contributed by atoms with Crippen LogP contribution in [0.15, 0.2) is 119 Å². The van der Waals surface area contributed by atoms with E-state index in [0.717, 1.165) is 68.5 Å². The number of ketones is 1. The predicted molar refractivity (Wildman–Crippen MR) is 168 cm³/mol. The number of aliphatic imine (C=N–C) groups is 3. The Labute approximate surface area is 251 Å². The summed E-state index contributed by atoms with van der Waals surface area (Å²) in [5.41, 5.74) is 12.6. The Hall–Kier alpha value is -4.59. The van der Waals surface area contributed by atoms with Crippen LogP contribution >= 0.6 is 0 Å². The second kappa shape index (κ2) is 10.6. The molecule has 0 radical (unpaired) electrons. The van der Waals surface area contributed by atoms with E-state index in [9.17, 15) is 14.7 Å². The lowest BCUT2D eigenvalue weighted by atomic mass is 9.84. The van der Waals surface area contributed by atoms with Gasteiger partial charge in [-0.1, -0.05) is 26.5 Å². The number of carbonyl (C=O) groups excluding carboxylic acids is 2. The van der Waals surface area contributed by atoms with Gasteiger partial charge in [0.15, 0.2) is 0 Å². The first-order chi connectivity index (χ1) is 20.6. The fraction of sp³-hybridized carbons (Fsp3) is 0.343. The Morgan fingerprint density at radius 2 is 1.79 bits per heavy atom. The Morgan fingerprint density at radius 3 is 2.47 bits per heavy atom. The van der Waals surface area contributed by atoms with Gasteiger partial charge in [0.05, 0.1) is 40.8 Å². The average molecular weight is 577 g/mol. The first kappa shape index (κ1) is 28.5. The third kappa shape index (κ3) is 4.30. The van der Waals surface area contributed by atoms with Crippen molar-refractivity contribution in [2.24, 2.45) is 32.7 Å². The number of hydrogen-bond acceptors (Lipinski definition) is 8. The van der Waals surface area contributed by atoms with E-state index in [4.69, 9.17) is 19.7 Å². The number of rotatable bonds is 7. The molecule has 0 aromatic heterocycles. The first-order valence-electron chi connectivity index (χ1n) is 14.8. The van der Waals surface area contributed by atoms with E-state index in [1.807, 2.05) is 32.1 Å². The minimum absolute atomic E-state index is 0.0155. The molecule has 0 amide bonds. The van der Waals surface area contributed by atoms with E-state index in [0.29, 0.717) is 35.4 Å². The minimum atomic E-state index is -0.836. The molecular weight excluding hydrogens is 540 g/mol. The van der Waals surface area contributed by atoms with Crippen molar-refractivity contribution in [1.82, 2.24) is 5.32 Å². The zero-order valence-electron chi connectivity index (χ0n) is 25.5. The van der Waals surface area contributed by atoms with Crippen LogP contribution in [-0.4, -0.2) is 41.1 Å². The lowest BCUT2D eigenvalue weighted by Crippen LogP contribution is -2.23. The lowest BCUT2D eigenvalue weighted by molar-refractivity contribution is -0.129. The summed E-state index contributed by atoms with van der Waals surface area (Å²) in [7, 11) is 0. The highest BCUT2D eigenvalue weighted by atomic mass is 16.5. The van der Waals surface area contributed by atoms with Gasteiger partial charge >= 0.3 is 0 Å². The maximum Gasteiger partial charge on any atom is 0.293 e. The van der Waals surface area contributed by atoms with Crippen LogP contribution in [0.1, 0.15) is 54.4 Å². The molecule has 43 heavy (non-hydrogen) atoms. The quantitative estimate of drug-likeness (QED) is 0.276. The fourth-order valence-electron chi connectivity index (χ4n) is 7.06. The van der Waals surface area contributed by atoms with Gasteiger partial charge in [0.2, 0.25) is 0 Å². The van der Waals surface area contributed by atoms with Crippen molar-refractivity contribution in [2.75, 3.05) is 6.61 Å². The van der Waals surface area contributed by atoms with E-state index >= 15 is 0 Å². The van der Waals surface area contributed by atoms with Crippen LogP contribution in [0.4, 0.5) is 0 Å². The summed E-state index contributed by atoms with van der Waals surface area (Å²) >= 11 is 0. The molecule has 0 aromatic carbocycles. The molecule has 8 nitrogen and oxygen atoms in total. The van der Waals surface area contributed by atoms with Crippen molar-refractivity contribution < 1.29 is 19.4 Å². The second-order valence-electron chi connectivity index (χ2n) is 11.7. The summed E-state index contributed by atoms with van der Waals surface area (Å²) in [5, 5.41) is 15.2. The number of nitrogens with zero attached hydrogens (tertiary/aromatic N) is 3. The zero-order chi connectivity index (χ0) is 30.7. The van der Waals surface area contributed by atoms with Gasteiger partial charge in [-0.25, -0.2) is 15.0 Å². The standard InChI is InChI=1S/C35H36N4O4/c1-8-21-16(3)24-12-26-18(5)23(10-11-43-15-40)33(38-26)32-31(20(7)41)35(42)30-19(6)27(39-34(30)32)14-29-22(9-2)17(4)25(37-29)13-28(21)36-24/h8,12-15,18,23,31,38,42H,1,9-11H2,2-7H3/t18-,23-,31?/m0/s1. The van der Waals surface area contributed by atoms with Crippen molar-refractivity contribution in [2.45, 2.75) is 54.4 Å². The molecule has 0 saturated carbocycles. The molecule has 3 atom stereocenters. The monoisotopic (exact) mass is 576 g/mol. The van der Waals surface area contributed by atoms with Crippen LogP contribution in [0, 0.1) is 17.8 Å². The van der Waals surface area contributed by atoms with Crippen LogP contribution in [0.2, 0.25) is 0 Å². The summed E-state index contributed by atoms with van der Waals surface area (Å²) in [6.45, 7) is 16.5. The van der Waals surface area contributed by atoms with Gasteiger partial charge in [-0.05, 0) is 81.1 Å². The highest BCUT2D eigenvalue weighted by Crippen LogP contribution is 2.48. The molecule has 0 spiro atoms. The molecule has 1 aliphatic carbocycles. The number of Topliss-reactive ketones (excluding diaryl/α,β-unsaturated/α-hetero) is 1. The maximum absolute atomic E-state index is 13.1. The highest BCUT2D eigenvalue weighted by Gasteiger charge is 2.47. The van der Waals surface area contributed by atoms with Crippen molar-refractivity contribution in [3.8, 4) is 0 Å². The molecule has 2 N–H and O–H groups in total. The smallest absolute Gasteiger partial charge is 0.293 e. The molecule has 6 aliphatic rings. The third-order valence-electron chi connectivity index (χ3n) is 9.45. The van der Waals surface area contributed by atoms with Crippen LogP contribution < -0.4 is 5.32 Å². The van der Waals surface area contributed by atoms with E-state index in [1.54, 1.807) is 0 Å². The third-order valence-corrected chi connectivity index (χ3v) is 9.45. The van der Waals surface area contributed by atoms with Crippen LogP contribution in [0.3, 0.4) is 0 Å². The molecule has 1 unspecified atom stereocenters. The van der Waals surface area contributed by atoms with Gasteiger partial charge in [-0.2, -0.15) is 0 Å². The number of allylic oxidation sites excluding steroid dienone is 12. The zero-order valence-corrected chi connectivity index (χ0v) is 25.5. The normalized spacial score (nSPS) is 26.0. The van der Waals surface area contributed by atoms with Crippen LogP contribution in [0.5, 0.6) is 0 Å². The molecule has 5 aliphatic heterocycles. The van der Waals surface area contributed by atoms with E-state index < -0.39 is 5.92 Å². The van der Waals surface area contributed by atoms with Crippen molar-refractivity contribution in [3.05, 3.63) is 104 Å². The SMILES string of the molecule is C=CC1=C(C)C2=NC1=CC1=NC(=CC3=C(C)C4=C(O)C(C(C)=O)C(=C5NC(=C2)[C@@H](C)[C@@H]5CCOC=O)C4=N3)C(CC)=C1C. The largest absolute Gasteiger partial charge is 0.510 e. The van der Waals surface area contributed by atoms with Gasteiger partial charge in [0, 0.05) is 39.9 Å². The molecule has 8 bridgehead atoms. The number of aliphatic hydroxyl groups excluding tert-OH is 1. The number of nitrogens with one attached hydrogen (secondary N) is 1. The molecule has 0 aromatic rings. The minimum Gasteiger partial charge on any atom is -0.510 e. The molecule has 6 rings (SSSR count). The van der Waals surface area contributed by atoms with E-state index in [2.05, 4.69) is 38.7 Å². The van der Waals surface area contributed by atoms with Crippen LogP contribution in [-0.2, 0) is 14.3 Å². The topological polar surface area (TPSA) is 113 Å². The molecule has 5 heterocycles. The van der Waals surface area contributed by atoms with Crippen molar-refractivity contribution in [1.29, 1.82) is 0 Å². The van der Waals surface area contributed by atoms with E-state index in [-0.39, 0.29) is 30.0 Å². The lowest BCUT2D eigenvalue weighted by Gasteiger charge is -2.20. The number of carbonyl (C=O) groups is 2. The van der Waals surface area contributed by atoms with Crippen molar-refractivity contribution in [3.63, 3.8) is 0 Å². The summed E-state index contributed by atoms with van der Waals surface area (Å²) in [6.07, 6.45) is 9.23. The summed E-state index contributed by atoms with van der Waals surface area (Å²) < 4.78 is 5.12. The summed E-state index contributed by atoms with van der Waals surface area (Å²) in [4.78, 5) is 39.2. The van der Waals surface area contributed by atoms with Gasteiger partial charge in [0.25, 0.3) is 6.47 Å². The molecule has 1 saturated heterocycles. The number of ether oxygens (including phenoxy) is 1. The van der Waals surface area contributed by atoms with Gasteiger partial charge in [-0.3, -0.25) is 9.59 Å². The molecular formula is C35H36N4O4. The Balaban J connectivity index is 1.66. The van der Waals surface area contributed by atoms with Gasteiger partial charge in [0.1, 0.15) is 17.5 Å². The van der Waals surface area contributed by atoms with Crippen LogP contribution in [0.25, 0.3) is 0 Å². The van der Waals surface area contributed by atoms with E-state index in [1.165, 1.54) is 6.92 Å². The Morgan fingerprint density at radius 1 is 1.07 bits per heavy atom. The molecule has 1 fully saturated rings. The number of hydrogen-bond donors (Lipinski definition) is 2. The highest BCUT2D eigenvalue weighted by molar-refractivity contribution is 6.24. The second-order valence-corrected chi connectivity index (χ2v) is 11.7. The van der Waals surface area contributed by atoms with Gasteiger partial charge in [-0.15, -0.1) is 0 Å². The fourth-order valence-corrected chi connectivity index (χ4v) is 7.06. The van der Waals surface area contributed by atoms with Crippen molar-refractivity contribution >= 4 is 29.4 Å². The predicted octanol–water partition coefficient (Wildman–Crippen LogP) is 6.22. The number of aliphatic hydroxyl groups is 1. The summed E-state index contributed by atoms with van der Waals surface area (Å²) in [5.74, 6) is -1.11. The first-order valence-corrected chi connectivity index (χ1v) is 14.8. The average Bonchev–Trinajstić information content (AvgIpc) is 3.70. The molecule has 8 heteroatoms. The van der Waals surface area contributed by atoms with Gasteiger partial charge < -0.3 is 15.2 Å². The number of fused-ring (bicyclic) bond motifs is 5. The molecule has 220 valence electrons. The Kier molecular flexibility index (Phi) is 7.03. The summed E-state index contributed by atoms with van der Waals surface area (Å²) in [6, 6.07) is 0.